The Labute approximate surface area is 116 Å². The molecule has 98 valence electrons. The lowest BCUT2D eigenvalue weighted by Gasteiger charge is -2.15. The minimum Gasteiger partial charge on any atom is -0.206 e. The molecular formula is C10H15Cl2NO2S2. The highest BCUT2D eigenvalue weighted by Crippen LogP contribution is 2.27. The highest BCUT2D eigenvalue weighted by molar-refractivity contribution is 7.91. The Kier molecular flexibility index (Phi) is 6.23. The number of hydrogen-bond donors (Lipinski definition) is 0. The highest BCUT2D eigenvalue weighted by Gasteiger charge is 2.21. The Hall–Kier alpha value is 0.190. The van der Waals surface area contributed by atoms with Gasteiger partial charge in [0, 0.05) is 19.5 Å². The van der Waals surface area contributed by atoms with Gasteiger partial charge in [-0.1, -0.05) is 18.0 Å². The zero-order valence-electron chi connectivity index (χ0n) is 9.53. The minimum atomic E-state index is -3.37. The van der Waals surface area contributed by atoms with Crippen molar-refractivity contribution in [1.82, 2.24) is 4.31 Å². The molecule has 0 radical (unpaired) electrons. The van der Waals surface area contributed by atoms with E-state index in [1.54, 1.807) is 13.1 Å². The van der Waals surface area contributed by atoms with Crippen LogP contribution in [0.25, 0.3) is 0 Å². The maximum atomic E-state index is 12.1. The lowest BCUT2D eigenvalue weighted by atomic mass is 10.2. The first kappa shape index (κ1) is 15.2. The van der Waals surface area contributed by atoms with Crippen molar-refractivity contribution in [2.75, 3.05) is 19.5 Å². The standard InChI is InChI=1S/C10H15Cl2NO2S2/c1-13(8-4-2-3-7-11)17(14,15)10-6-5-9(12)16-10/h5-6H,2-4,7-8H2,1H3. The van der Waals surface area contributed by atoms with Gasteiger partial charge in [0.1, 0.15) is 4.21 Å². The molecule has 0 saturated carbocycles. The molecule has 0 unspecified atom stereocenters. The summed E-state index contributed by atoms with van der Waals surface area (Å²) in [7, 11) is -1.78. The molecule has 3 nitrogen and oxygen atoms in total. The molecule has 1 rings (SSSR count). The molecule has 0 aromatic carbocycles. The molecule has 0 bridgehead atoms. The van der Waals surface area contributed by atoms with Crippen LogP contribution in [-0.4, -0.2) is 32.2 Å². The predicted octanol–water partition coefficient (Wildman–Crippen LogP) is 3.43. The molecular weight excluding hydrogens is 301 g/mol. The van der Waals surface area contributed by atoms with Crippen LogP contribution in [0.1, 0.15) is 19.3 Å². The number of hydrogen-bond acceptors (Lipinski definition) is 3. The van der Waals surface area contributed by atoms with Crippen molar-refractivity contribution in [2.24, 2.45) is 0 Å². The molecule has 1 aromatic heterocycles. The number of nitrogens with zero attached hydrogens (tertiary/aromatic N) is 1. The zero-order chi connectivity index (χ0) is 12.9. The number of thiophene rings is 1. The van der Waals surface area contributed by atoms with E-state index in [0.29, 0.717) is 21.0 Å². The summed E-state index contributed by atoms with van der Waals surface area (Å²) >= 11 is 12.4. The smallest absolute Gasteiger partial charge is 0.206 e. The molecule has 0 aliphatic heterocycles. The molecule has 0 aliphatic carbocycles. The van der Waals surface area contributed by atoms with Crippen LogP contribution in [0, 0.1) is 0 Å². The van der Waals surface area contributed by atoms with Gasteiger partial charge in [0.2, 0.25) is 0 Å². The van der Waals surface area contributed by atoms with E-state index in [0.717, 1.165) is 30.6 Å². The second-order valence-electron chi connectivity index (χ2n) is 3.63. The Balaban J connectivity index is 2.58. The molecule has 0 amide bonds. The molecule has 1 heterocycles. The maximum Gasteiger partial charge on any atom is 0.252 e. The Bertz CT molecular complexity index is 445. The average molecular weight is 316 g/mol. The molecule has 0 N–H and O–H groups in total. The molecule has 0 aliphatic rings. The molecule has 0 atom stereocenters. The number of rotatable bonds is 7. The first-order chi connectivity index (χ1) is 7.98. The monoisotopic (exact) mass is 315 g/mol. The van der Waals surface area contributed by atoms with Crippen molar-refractivity contribution >= 4 is 44.6 Å². The van der Waals surface area contributed by atoms with Gasteiger partial charge in [-0.05, 0) is 25.0 Å². The molecule has 1 aromatic rings. The van der Waals surface area contributed by atoms with Gasteiger partial charge in [-0.15, -0.1) is 22.9 Å². The van der Waals surface area contributed by atoms with Crippen LogP contribution in [0.2, 0.25) is 4.34 Å². The fraction of sp³-hybridized carbons (Fsp3) is 0.600. The van der Waals surface area contributed by atoms with Crippen molar-refractivity contribution in [2.45, 2.75) is 23.5 Å². The SMILES string of the molecule is CN(CCCCCCl)S(=O)(=O)c1ccc(Cl)s1. The Morgan fingerprint density at radius 1 is 1.29 bits per heavy atom. The third-order valence-corrected chi connectivity index (χ3v) is 6.14. The topological polar surface area (TPSA) is 37.4 Å². The molecule has 0 spiro atoms. The van der Waals surface area contributed by atoms with Crippen LogP contribution in [0.3, 0.4) is 0 Å². The Morgan fingerprint density at radius 3 is 2.53 bits per heavy atom. The van der Waals surface area contributed by atoms with E-state index in [-0.39, 0.29) is 0 Å². The summed E-state index contributed by atoms with van der Waals surface area (Å²) in [5.41, 5.74) is 0. The molecule has 7 heteroatoms. The summed E-state index contributed by atoms with van der Waals surface area (Å²) in [6.07, 6.45) is 2.68. The molecule has 17 heavy (non-hydrogen) atoms. The van der Waals surface area contributed by atoms with E-state index in [1.807, 2.05) is 0 Å². The fourth-order valence-electron chi connectivity index (χ4n) is 1.32. The van der Waals surface area contributed by atoms with Crippen LogP contribution in [0.4, 0.5) is 0 Å². The van der Waals surface area contributed by atoms with E-state index in [4.69, 9.17) is 23.2 Å². The van der Waals surface area contributed by atoms with E-state index in [1.165, 1.54) is 10.4 Å². The summed E-state index contributed by atoms with van der Waals surface area (Å²) in [4.78, 5) is 0. The summed E-state index contributed by atoms with van der Waals surface area (Å²) < 4.78 is 26.3. The summed E-state index contributed by atoms with van der Waals surface area (Å²) in [5.74, 6) is 0.622. The van der Waals surface area contributed by atoms with Gasteiger partial charge in [0.15, 0.2) is 0 Å². The quantitative estimate of drug-likeness (QED) is 0.571. The maximum absolute atomic E-state index is 12.1. The van der Waals surface area contributed by atoms with Gasteiger partial charge in [0.05, 0.1) is 4.34 Å². The zero-order valence-corrected chi connectivity index (χ0v) is 12.7. The highest BCUT2D eigenvalue weighted by atomic mass is 35.5. The lowest BCUT2D eigenvalue weighted by Crippen LogP contribution is -2.27. The van der Waals surface area contributed by atoms with Crippen LogP contribution in [0.5, 0.6) is 0 Å². The van der Waals surface area contributed by atoms with Crippen molar-refractivity contribution in [3.63, 3.8) is 0 Å². The van der Waals surface area contributed by atoms with Crippen molar-refractivity contribution in [3.05, 3.63) is 16.5 Å². The normalized spacial score (nSPS) is 12.2. The van der Waals surface area contributed by atoms with Crippen molar-refractivity contribution in [1.29, 1.82) is 0 Å². The predicted molar refractivity (Wildman–Crippen MR) is 73.7 cm³/mol. The largest absolute Gasteiger partial charge is 0.252 e. The minimum absolute atomic E-state index is 0.294. The third kappa shape index (κ3) is 4.41. The Morgan fingerprint density at radius 2 is 2.00 bits per heavy atom. The second kappa shape index (κ2) is 6.95. The molecule has 0 fully saturated rings. The van der Waals surface area contributed by atoms with Gasteiger partial charge in [-0.25, -0.2) is 12.7 Å². The first-order valence-corrected chi connectivity index (χ1v) is 8.43. The third-order valence-electron chi connectivity index (χ3n) is 2.32. The van der Waals surface area contributed by atoms with Crippen molar-refractivity contribution in [3.8, 4) is 0 Å². The van der Waals surface area contributed by atoms with Gasteiger partial charge in [0.25, 0.3) is 10.0 Å². The number of sulfonamides is 1. The van der Waals surface area contributed by atoms with E-state index >= 15 is 0 Å². The number of halogens is 2. The van der Waals surface area contributed by atoms with Crippen LogP contribution >= 0.6 is 34.5 Å². The van der Waals surface area contributed by atoms with Gasteiger partial charge in [-0.2, -0.15) is 0 Å². The number of unbranched alkanes of at least 4 members (excludes halogenated alkanes) is 2. The van der Waals surface area contributed by atoms with Crippen LogP contribution in [0.15, 0.2) is 16.3 Å². The summed E-state index contributed by atoms with van der Waals surface area (Å²) in [5, 5.41) is 0. The lowest BCUT2D eigenvalue weighted by molar-refractivity contribution is 0.456. The second-order valence-corrected chi connectivity index (χ2v) is 8.00. The van der Waals surface area contributed by atoms with E-state index < -0.39 is 10.0 Å². The van der Waals surface area contributed by atoms with E-state index in [2.05, 4.69) is 0 Å². The van der Waals surface area contributed by atoms with Crippen LogP contribution < -0.4 is 0 Å². The summed E-state index contributed by atoms with van der Waals surface area (Å²) in [6.45, 7) is 0.509. The molecule has 0 saturated heterocycles. The van der Waals surface area contributed by atoms with Gasteiger partial charge < -0.3 is 0 Å². The fourth-order valence-corrected chi connectivity index (χ4v) is 4.41. The average Bonchev–Trinajstić information content (AvgIpc) is 2.71. The number of alkyl halides is 1. The first-order valence-electron chi connectivity index (χ1n) is 5.26. The van der Waals surface area contributed by atoms with E-state index in [9.17, 15) is 8.42 Å². The van der Waals surface area contributed by atoms with Gasteiger partial charge in [-0.3, -0.25) is 0 Å². The van der Waals surface area contributed by atoms with Gasteiger partial charge >= 0.3 is 0 Å². The van der Waals surface area contributed by atoms with Crippen molar-refractivity contribution < 1.29 is 8.42 Å². The van der Waals surface area contributed by atoms with Crippen LogP contribution in [-0.2, 0) is 10.0 Å². The summed E-state index contributed by atoms with van der Waals surface area (Å²) in [6, 6.07) is 3.14.